The summed E-state index contributed by atoms with van der Waals surface area (Å²) in [5.41, 5.74) is 1.92. The minimum atomic E-state index is -0.212. The number of nitrogens with one attached hydrogen (secondary N) is 2. The van der Waals surface area contributed by atoms with Crippen LogP contribution in [0.15, 0.2) is 54.6 Å². The Labute approximate surface area is 124 Å². The van der Waals surface area contributed by atoms with Crippen LogP contribution in [0.4, 0.5) is 10.5 Å². The van der Waals surface area contributed by atoms with Gasteiger partial charge in [0, 0.05) is 16.8 Å². The lowest BCUT2D eigenvalue weighted by Crippen LogP contribution is -2.37. The first-order valence-electron chi connectivity index (χ1n) is 6.50. The van der Waals surface area contributed by atoms with Crippen LogP contribution in [0, 0.1) is 0 Å². The van der Waals surface area contributed by atoms with Crippen molar-refractivity contribution in [2.24, 2.45) is 0 Å². The van der Waals surface area contributed by atoms with Gasteiger partial charge in [-0.2, -0.15) is 0 Å². The molecule has 0 saturated heterocycles. The second kappa shape index (κ2) is 6.96. The van der Waals surface area contributed by atoms with Crippen molar-refractivity contribution in [1.82, 2.24) is 5.32 Å². The molecule has 0 bridgehead atoms. The summed E-state index contributed by atoms with van der Waals surface area (Å²) in [4.78, 5) is 11.8. The lowest BCUT2D eigenvalue weighted by Gasteiger charge is -2.14. The van der Waals surface area contributed by atoms with Crippen molar-refractivity contribution in [2.45, 2.75) is 19.4 Å². The van der Waals surface area contributed by atoms with Crippen molar-refractivity contribution in [3.05, 3.63) is 65.2 Å². The predicted octanol–water partition coefficient (Wildman–Crippen LogP) is 4.09. The highest BCUT2D eigenvalue weighted by Gasteiger charge is 2.08. The number of halogens is 1. The van der Waals surface area contributed by atoms with Gasteiger partial charge in [0.05, 0.1) is 0 Å². The third-order valence-electron chi connectivity index (χ3n) is 2.86. The van der Waals surface area contributed by atoms with E-state index in [1.54, 1.807) is 24.3 Å². The Bertz CT molecular complexity index is 554. The first-order chi connectivity index (χ1) is 9.63. The Kier molecular flexibility index (Phi) is 5.02. The Morgan fingerprint density at radius 2 is 1.75 bits per heavy atom. The van der Waals surface area contributed by atoms with Gasteiger partial charge in [0.25, 0.3) is 0 Å². The third-order valence-corrected chi connectivity index (χ3v) is 3.12. The van der Waals surface area contributed by atoms with Crippen LogP contribution in [-0.4, -0.2) is 12.1 Å². The Hall–Kier alpha value is -2.00. The van der Waals surface area contributed by atoms with Crippen molar-refractivity contribution in [2.75, 3.05) is 5.32 Å². The second-order valence-corrected chi connectivity index (χ2v) is 5.13. The maximum atomic E-state index is 11.8. The van der Waals surface area contributed by atoms with Crippen molar-refractivity contribution >= 4 is 23.3 Å². The summed E-state index contributed by atoms with van der Waals surface area (Å²) in [5, 5.41) is 6.33. The van der Waals surface area contributed by atoms with E-state index in [-0.39, 0.29) is 12.1 Å². The zero-order valence-electron chi connectivity index (χ0n) is 11.3. The molecule has 2 rings (SSSR count). The van der Waals surface area contributed by atoms with Gasteiger partial charge in [-0.3, -0.25) is 0 Å². The lowest BCUT2D eigenvalue weighted by atomic mass is 10.1. The first-order valence-corrected chi connectivity index (χ1v) is 6.88. The molecule has 0 saturated carbocycles. The average Bonchev–Trinajstić information content (AvgIpc) is 2.42. The third kappa shape index (κ3) is 4.59. The molecule has 0 spiro atoms. The summed E-state index contributed by atoms with van der Waals surface area (Å²) in [7, 11) is 0. The summed E-state index contributed by atoms with van der Waals surface area (Å²) in [6, 6.07) is 16.9. The van der Waals surface area contributed by atoms with Crippen molar-refractivity contribution in [3.63, 3.8) is 0 Å². The molecular formula is C16H17ClN2O. The van der Waals surface area contributed by atoms with Gasteiger partial charge >= 0.3 is 6.03 Å². The molecule has 4 heteroatoms. The maximum absolute atomic E-state index is 11.8. The van der Waals surface area contributed by atoms with E-state index in [0.717, 1.165) is 12.1 Å². The average molecular weight is 289 g/mol. The fourth-order valence-electron chi connectivity index (χ4n) is 1.94. The summed E-state index contributed by atoms with van der Waals surface area (Å²) in [6.07, 6.45) is 0.800. The van der Waals surface area contributed by atoms with Crippen LogP contribution in [0.25, 0.3) is 0 Å². The van der Waals surface area contributed by atoms with Crippen LogP contribution >= 0.6 is 11.6 Å². The number of rotatable bonds is 4. The quantitative estimate of drug-likeness (QED) is 0.874. The first kappa shape index (κ1) is 14.4. The fraction of sp³-hybridized carbons (Fsp3) is 0.188. The number of carbonyl (C=O) groups is 1. The molecule has 0 radical (unpaired) electrons. The molecular weight excluding hydrogens is 272 g/mol. The molecule has 0 aliphatic rings. The molecule has 2 amide bonds. The van der Waals surface area contributed by atoms with Gasteiger partial charge in [-0.1, -0.05) is 41.9 Å². The van der Waals surface area contributed by atoms with Crippen LogP contribution in [-0.2, 0) is 6.42 Å². The summed E-state index contributed by atoms with van der Waals surface area (Å²) in [6.45, 7) is 1.98. The Balaban J connectivity index is 1.83. The van der Waals surface area contributed by atoms with Gasteiger partial charge in [0.1, 0.15) is 0 Å². The van der Waals surface area contributed by atoms with E-state index < -0.39 is 0 Å². The molecule has 0 heterocycles. The van der Waals surface area contributed by atoms with Crippen molar-refractivity contribution < 1.29 is 4.79 Å². The molecule has 0 aromatic heterocycles. The van der Waals surface area contributed by atoms with Crippen LogP contribution in [0.3, 0.4) is 0 Å². The molecule has 1 unspecified atom stereocenters. The van der Waals surface area contributed by atoms with Crippen LogP contribution in [0.2, 0.25) is 5.02 Å². The molecule has 2 N–H and O–H groups in total. The SMILES string of the molecule is CC(Cc1ccccc1)NC(=O)Nc1ccc(Cl)cc1. The van der Waals surface area contributed by atoms with Gasteiger partial charge < -0.3 is 10.6 Å². The molecule has 2 aromatic rings. The zero-order chi connectivity index (χ0) is 14.4. The highest BCUT2D eigenvalue weighted by molar-refractivity contribution is 6.30. The number of amides is 2. The van der Waals surface area contributed by atoms with Gasteiger partial charge in [0.15, 0.2) is 0 Å². The van der Waals surface area contributed by atoms with E-state index in [1.165, 1.54) is 5.56 Å². The molecule has 0 fully saturated rings. The number of urea groups is 1. The van der Waals surface area contributed by atoms with Crippen LogP contribution in [0.1, 0.15) is 12.5 Å². The fourth-order valence-corrected chi connectivity index (χ4v) is 2.07. The van der Waals surface area contributed by atoms with Gasteiger partial charge in [-0.15, -0.1) is 0 Å². The predicted molar refractivity (Wildman–Crippen MR) is 83.2 cm³/mol. The maximum Gasteiger partial charge on any atom is 0.319 e. The van der Waals surface area contributed by atoms with Crippen LogP contribution < -0.4 is 10.6 Å². The molecule has 104 valence electrons. The van der Waals surface area contributed by atoms with Crippen molar-refractivity contribution in [3.8, 4) is 0 Å². The lowest BCUT2D eigenvalue weighted by molar-refractivity contribution is 0.249. The monoisotopic (exact) mass is 288 g/mol. The highest BCUT2D eigenvalue weighted by Crippen LogP contribution is 2.13. The topological polar surface area (TPSA) is 41.1 Å². The number of hydrogen-bond donors (Lipinski definition) is 2. The molecule has 0 aliphatic heterocycles. The molecule has 3 nitrogen and oxygen atoms in total. The molecule has 0 aliphatic carbocycles. The minimum Gasteiger partial charge on any atom is -0.335 e. The number of benzene rings is 2. The minimum absolute atomic E-state index is 0.0599. The number of hydrogen-bond acceptors (Lipinski definition) is 1. The zero-order valence-corrected chi connectivity index (χ0v) is 12.0. The van der Waals surface area contributed by atoms with Crippen molar-refractivity contribution in [1.29, 1.82) is 0 Å². The van der Waals surface area contributed by atoms with Gasteiger partial charge in [-0.05, 0) is 43.2 Å². The van der Waals surface area contributed by atoms with E-state index in [4.69, 9.17) is 11.6 Å². The number of anilines is 1. The van der Waals surface area contributed by atoms with E-state index in [9.17, 15) is 4.79 Å². The molecule has 2 aromatic carbocycles. The van der Waals surface area contributed by atoms with E-state index >= 15 is 0 Å². The summed E-state index contributed by atoms with van der Waals surface area (Å²) < 4.78 is 0. The Morgan fingerprint density at radius 3 is 2.40 bits per heavy atom. The summed E-state index contributed by atoms with van der Waals surface area (Å²) in [5.74, 6) is 0. The normalized spacial score (nSPS) is 11.7. The summed E-state index contributed by atoms with van der Waals surface area (Å²) >= 11 is 5.79. The van der Waals surface area contributed by atoms with Gasteiger partial charge in [0.2, 0.25) is 0 Å². The largest absolute Gasteiger partial charge is 0.335 e. The van der Waals surface area contributed by atoms with E-state index in [2.05, 4.69) is 22.8 Å². The second-order valence-electron chi connectivity index (χ2n) is 4.70. The van der Waals surface area contributed by atoms with E-state index in [1.807, 2.05) is 25.1 Å². The molecule has 1 atom stereocenters. The van der Waals surface area contributed by atoms with Crippen LogP contribution in [0.5, 0.6) is 0 Å². The number of carbonyl (C=O) groups excluding carboxylic acids is 1. The Morgan fingerprint density at radius 1 is 1.10 bits per heavy atom. The molecule has 20 heavy (non-hydrogen) atoms. The van der Waals surface area contributed by atoms with Gasteiger partial charge in [-0.25, -0.2) is 4.79 Å². The standard InChI is InChI=1S/C16H17ClN2O/c1-12(11-13-5-3-2-4-6-13)18-16(20)19-15-9-7-14(17)8-10-15/h2-10,12H,11H2,1H3,(H2,18,19,20). The smallest absolute Gasteiger partial charge is 0.319 e. The highest BCUT2D eigenvalue weighted by atomic mass is 35.5. The van der Waals surface area contributed by atoms with E-state index in [0.29, 0.717) is 5.02 Å².